The highest BCUT2D eigenvalue weighted by molar-refractivity contribution is 7.89. The second-order valence-corrected chi connectivity index (χ2v) is 7.30. The minimum atomic E-state index is -3.58. The lowest BCUT2D eigenvalue weighted by Crippen LogP contribution is -2.27. The Morgan fingerprint density at radius 2 is 1.86 bits per heavy atom. The van der Waals surface area contributed by atoms with Crippen LogP contribution in [-0.4, -0.2) is 19.8 Å². The van der Waals surface area contributed by atoms with Gasteiger partial charge >= 0.3 is 0 Å². The quantitative estimate of drug-likeness (QED) is 0.879. The van der Waals surface area contributed by atoms with Gasteiger partial charge in [0.05, 0.1) is 4.90 Å². The first-order valence-corrected chi connectivity index (χ1v) is 8.20. The zero-order valence-electron chi connectivity index (χ0n) is 11.9. The van der Waals surface area contributed by atoms with Crippen LogP contribution in [0.2, 0.25) is 5.02 Å². The van der Waals surface area contributed by atoms with Gasteiger partial charge in [0.1, 0.15) is 0 Å². The molecule has 21 heavy (non-hydrogen) atoms. The molecule has 0 aromatic heterocycles. The molecule has 0 saturated carbocycles. The summed E-state index contributed by atoms with van der Waals surface area (Å²) in [5, 5.41) is 0.550. The third-order valence-corrected chi connectivity index (χ3v) is 5.57. The van der Waals surface area contributed by atoms with E-state index in [4.69, 9.17) is 17.3 Å². The molecule has 0 radical (unpaired) electrons. The van der Waals surface area contributed by atoms with Gasteiger partial charge in [0.25, 0.3) is 0 Å². The van der Waals surface area contributed by atoms with Crippen LogP contribution in [0.3, 0.4) is 0 Å². The average molecular weight is 325 g/mol. The highest BCUT2D eigenvalue weighted by Gasteiger charge is 2.23. The van der Waals surface area contributed by atoms with E-state index in [0.29, 0.717) is 16.3 Å². The standard InChI is InChI=1S/C15H17ClN2O2S/c1-11-9-13(17)7-8-15(11)21(19,20)18(2)10-12-5-3-4-6-14(12)16/h3-9H,10,17H2,1-2H3. The van der Waals surface area contributed by atoms with Gasteiger partial charge in [-0.2, -0.15) is 4.31 Å². The van der Waals surface area contributed by atoms with E-state index < -0.39 is 10.0 Å². The van der Waals surface area contributed by atoms with Crippen LogP contribution in [-0.2, 0) is 16.6 Å². The Balaban J connectivity index is 2.33. The lowest BCUT2D eigenvalue weighted by molar-refractivity contribution is 0.466. The van der Waals surface area contributed by atoms with E-state index in [2.05, 4.69) is 0 Å². The van der Waals surface area contributed by atoms with Crippen LogP contribution in [0.5, 0.6) is 0 Å². The number of benzene rings is 2. The van der Waals surface area contributed by atoms with E-state index in [1.807, 2.05) is 18.2 Å². The number of anilines is 1. The topological polar surface area (TPSA) is 63.4 Å². The molecule has 0 atom stereocenters. The fourth-order valence-electron chi connectivity index (χ4n) is 2.08. The maximum Gasteiger partial charge on any atom is 0.243 e. The Morgan fingerprint density at radius 3 is 2.48 bits per heavy atom. The molecule has 0 amide bonds. The number of nitrogen functional groups attached to an aromatic ring is 1. The van der Waals surface area contributed by atoms with Crippen molar-refractivity contribution >= 4 is 27.3 Å². The van der Waals surface area contributed by atoms with E-state index in [-0.39, 0.29) is 11.4 Å². The molecule has 0 unspecified atom stereocenters. The average Bonchev–Trinajstić information content (AvgIpc) is 2.40. The maximum atomic E-state index is 12.6. The molecule has 0 saturated heterocycles. The molecule has 0 bridgehead atoms. The summed E-state index contributed by atoms with van der Waals surface area (Å²) < 4.78 is 26.5. The van der Waals surface area contributed by atoms with Gasteiger partial charge in [-0.05, 0) is 42.3 Å². The van der Waals surface area contributed by atoms with Crippen LogP contribution in [0.4, 0.5) is 5.69 Å². The minimum absolute atomic E-state index is 0.214. The second-order valence-electron chi connectivity index (χ2n) is 4.88. The summed E-state index contributed by atoms with van der Waals surface area (Å²) in [5.74, 6) is 0. The van der Waals surface area contributed by atoms with Gasteiger partial charge in [-0.25, -0.2) is 8.42 Å². The third-order valence-electron chi connectivity index (χ3n) is 3.24. The number of nitrogens with two attached hydrogens (primary N) is 1. The summed E-state index contributed by atoms with van der Waals surface area (Å²) in [5.41, 5.74) is 7.59. The van der Waals surface area contributed by atoms with E-state index in [0.717, 1.165) is 5.56 Å². The normalized spacial score (nSPS) is 11.8. The number of nitrogens with zero attached hydrogens (tertiary/aromatic N) is 1. The molecule has 2 rings (SSSR count). The minimum Gasteiger partial charge on any atom is -0.399 e. The summed E-state index contributed by atoms with van der Waals surface area (Å²) in [7, 11) is -2.05. The molecule has 0 aliphatic heterocycles. The number of aryl methyl sites for hydroxylation is 1. The Bertz CT molecular complexity index is 760. The molecule has 0 aliphatic carbocycles. The third kappa shape index (κ3) is 3.37. The van der Waals surface area contributed by atoms with Gasteiger partial charge in [-0.1, -0.05) is 29.8 Å². The molecule has 6 heteroatoms. The second kappa shape index (κ2) is 6.05. The summed E-state index contributed by atoms with van der Waals surface area (Å²) in [6, 6.07) is 12.0. The first-order chi connectivity index (χ1) is 9.82. The molecule has 4 nitrogen and oxygen atoms in total. The van der Waals surface area contributed by atoms with E-state index in [1.54, 1.807) is 25.1 Å². The molecule has 0 heterocycles. The van der Waals surface area contributed by atoms with E-state index in [9.17, 15) is 8.42 Å². The lowest BCUT2D eigenvalue weighted by atomic mass is 10.2. The number of rotatable bonds is 4. The first-order valence-electron chi connectivity index (χ1n) is 6.38. The van der Waals surface area contributed by atoms with Crippen molar-refractivity contribution in [2.75, 3.05) is 12.8 Å². The zero-order chi connectivity index (χ0) is 15.6. The largest absolute Gasteiger partial charge is 0.399 e. The monoisotopic (exact) mass is 324 g/mol. The molecule has 2 aromatic carbocycles. The summed E-state index contributed by atoms with van der Waals surface area (Å²) >= 11 is 6.08. The molecule has 0 fully saturated rings. The zero-order valence-corrected chi connectivity index (χ0v) is 13.4. The van der Waals surface area contributed by atoms with Crippen LogP contribution >= 0.6 is 11.6 Å². The van der Waals surface area contributed by atoms with Crippen LogP contribution in [0.1, 0.15) is 11.1 Å². The van der Waals surface area contributed by atoms with Crippen LogP contribution in [0.15, 0.2) is 47.4 Å². The maximum absolute atomic E-state index is 12.6. The van der Waals surface area contributed by atoms with Gasteiger partial charge < -0.3 is 5.73 Å². The fraction of sp³-hybridized carbons (Fsp3) is 0.200. The van der Waals surface area contributed by atoms with Gasteiger partial charge in [0.15, 0.2) is 0 Å². The van der Waals surface area contributed by atoms with Crippen molar-refractivity contribution in [3.8, 4) is 0 Å². The molecule has 2 aromatic rings. The Morgan fingerprint density at radius 1 is 1.19 bits per heavy atom. The fourth-order valence-corrected chi connectivity index (χ4v) is 3.63. The van der Waals surface area contributed by atoms with Crippen LogP contribution in [0.25, 0.3) is 0 Å². The molecular weight excluding hydrogens is 308 g/mol. The Kier molecular flexibility index (Phi) is 4.56. The molecule has 112 valence electrons. The van der Waals surface area contributed by atoms with Gasteiger partial charge in [0, 0.05) is 24.3 Å². The Labute approximate surface area is 130 Å². The van der Waals surface area contributed by atoms with E-state index >= 15 is 0 Å². The van der Waals surface area contributed by atoms with Crippen molar-refractivity contribution in [2.24, 2.45) is 0 Å². The van der Waals surface area contributed by atoms with Crippen LogP contribution < -0.4 is 5.73 Å². The SMILES string of the molecule is Cc1cc(N)ccc1S(=O)(=O)N(C)Cc1ccccc1Cl. The highest BCUT2D eigenvalue weighted by atomic mass is 35.5. The van der Waals surface area contributed by atoms with Crippen LogP contribution in [0, 0.1) is 6.92 Å². The predicted molar refractivity (Wildman–Crippen MR) is 85.7 cm³/mol. The van der Waals surface area contributed by atoms with Crippen molar-refractivity contribution < 1.29 is 8.42 Å². The summed E-state index contributed by atoms with van der Waals surface area (Å²) in [4.78, 5) is 0.256. The van der Waals surface area contributed by atoms with Crippen molar-refractivity contribution in [3.05, 3.63) is 58.6 Å². The predicted octanol–water partition coefficient (Wildman–Crippen LogP) is 3.05. The van der Waals surface area contributed by atoms with Gasteiger partial charge in [-0.15, -0.1) is 0 Å². The number of halogens is 1. The summed E-state index contributed by atoms with van der Waals surface area (Å²) in [6.07, 6.45) is 0. The van der Waals surface area contributed by atoms with Crippen molar-refractivity contribution in [1.82, 2.24) is 4.31 Å². The van der Waals surface area contributed by atoms with Crippen molar-refractivity contribution in [3.63, 3.8) is 0 Å². The van der Waals surface area contributed by atoms with E-state index in [1.165, 1.54) is 17.4 Å². The lowest BCUT2D eigenvalue weighted by Gasteiger charge is -2.19. The summed E-state index contributed by atoms with van der Waals surface area (Å²) in [6.45, 7) is 1.94. The van der Waals surface area contributed by atoms with Crippen molar-refractivity contribution in [2.45, 2.75) is 18.4 Å². The highest BCUT2D eigenvalue weighted by Crippen LogP contribution is 2.24. The number of hydrogen-bond donors (Lipinski definition) is 1. The Hall–Kier alpha value is -1.56. The number of sulfonamides is 1. The van der Waals surface area contributed by atoms with Gasteiger partial charge in [-0.3, -0.25) is 0 Å². The first kappa shape index (κ1) is 15.8. The smallest absolute Gasteiger partial charge is 0.243 e. The number of hydrogen-bond acceptors (Lipinski definition) is 3. The molecular formula is C15H17ClN2O2S. The van der Waals surface area contributed by atoms with Gasteiger partial charge in [0.2, 0.25) is 10.0 Å². The molecule has 0 aliphatic rings. The molecule has 0 spiro atoms. The van der Waals surface area contributed by atoms with Crippen molar-refractivity contribution in [1.29, 1.82) is 0 Å². The molecule has 2 N–H and O–H groups in total.